The van der Waals surface area contributed by atoms with Crippen molar-refractivity contribution in [1.82, 2.24) is 5.32 Å². The molecule has 1 unspecified atom stereocenters. The summed E-state index contributed by atoms with van der Waals surface area (Å²) >= 11 is 0. The van der Waals surface area contributed by atoms with Gasteiger partial charge in [-0.2, -0.15) is 0 Å². The van der Waals surface area contributed by atoms with E-state index in [0.29, 0.717) is 6.54 Å². The molecule has 0 aliphatic rings. The lowest BCUT2D eigenvalue weighted by atomic mass is 10.3. The average molecular weight is 157 g/mol. The highest BCUT2D eigenvalue weighted by molar-refractivity contribution is 5.79. The Balaban J connectivity index is 3.24. The normalized spacial score (nSPS) is 12.5. The second kappa shape index (κ2) is 5.88. The summed E-state index contributed by atoms with van der Waals surface area (Å²) in [6.45, 7) is 4.77. The maximum Gasteiger partial charge on any atom is 0.235 e. The van der Waals surface area contributed by atoms with Crippen molar-refractivity contribution in [1.29, 1.82) is 0 Å². The lowest BCUT2D eigenvalue weighted by Gasteiger charge is -2.07. The summed E-state index contributed by atoms with van der Waals surface area (Å²) in [6, 6.07) is -0.584. The van der Waals surface area contributed by atoms with Crippen molar-refractivity contribution in [3.05, 3.63) is 12.7 Å². The Morgan fingerprint density at radius 1 is 1.73 bits per heavy atom. The van der Waals surface area contributed by atoms with Crippen LogP contribution in [0.15, 0.2) is 12.7 Å². The lowest BCUT2D eigenvalue weighted by molar-refractivity contribution is -0.119. The molecule has 0 rings (SSSR count). The molecule has 0 fully saturated rings. The first kappa shape index (κ1) is 10.1. The molecule has 4 heteroatoms. The summed E-state index contributed by atoms with van der Waals surface area (Å²) in [5.74, 6) is -0.476. The molecule has 0 aromatic rings. The number of rotatable bonds is 6. The minimum absolute atomic E-state index is 0.434. The first-order valence-corrected chi connectivity index (χ1v) is 3.55. The van der Waals surface area contributed by atoms with E-state index in [9.17, 15) is 4.79 Å². The number of nitrogens with one attached hydrogen (secondary N) is 1. The topological polar surface area (TPSA) is 81.1 Å². The molecule has 0 spiro atoms. The molecule has 5 N–H and O–H groups in total. The van der Waals surface area contributed by atoms with E-state index >= 15 is 0 Å². The van der Waals surface area contributed by atoms with E-state index in [1.807, 2.05) is 0 Å². The highest BCUT2D eigenvalue weighted by Crippen LogP contribution is 1.77. The molecule has 0 saturated carbocycles. The second-order valence-electron chi connectivity index (χ2n) is 2.29. The summed E-state index contributed by atoms with van der Waals surface area (Å²) in [5, 5.41) is 2.97. The Kier molecular flexibility index (Phi) is 5.42. The van der Waals surface area contributed by atoms with E-state index in [4.69, 9.17) is 11.5 Å². The van der Waals surface area contributed by atoms with E-state index in [0.717, 1.165) is 13.0 Å². The van der Waals surface area contributed by atoms with Crippen molar-refractivity contribution in [2.45, 2.75) is 12.5 Å². The maximum atomic E-state index is 10.4. The van der Waals surface area contributed by atoms with Gasteiger partial charge in [0.1, 0.15) is 0 Å². The van der Waals surface area contributed by atoms with Crippen molar-refractivity contribution < 1.29 is 4.79 Å². The van der Waals surface area contributed by atoms with Crippen molar-refractivity contribution in [2.75, 3.05) is 13.1 Å². The van der Waals surface area contributed by atoms with E-state index in [1.54, 1.807) is 6.08 Å². The second-order valence-corrected chi connectivity index (χ2v) is 2.29. The summed E-state index contributed by atoms with van der Waals surface area (Å²) in [5.41, 5.74) is 10.3. The number of nitrogens with two attached hydrogens (primary N) is 2. The van der Waals surface area contributed by atoms with E-state index in [-0.39, 0.29) is 0 Å². The fourth-order valence-electron chi connectivity index (χ4n) is 0.562. The van der Waals surface area contributed by atoms with Gasteiger partial charge < -0.3 is 16.8 Å². The Bertz CT molecular complexity index is 136. The molecule has 64 valence electrons. The molecular formula is C7H15N3O. The van der Waals surface area contributed by atoms with Crippen LogP contribution in [-0.2, 0) is 4.79 Å². The van der Waals surface area contributed by atoms with Gasteiger partial charge in [-0.3, -0.25) is 4.79 Å². The zero-order valence-corrected chi connectivity index (χ0v) is 6.55. The van der Waals surface area contributed by atoms with E-state index < -0.39 is 11.9 Å². The summed E-state index contributed by atoms with van der Waals surface area (Å²) in [7, 11) is 0. The van der Waals surface area contributed by atoms with Gasteiger partial charge in [0.15, 0.2) is 0 Å². The Morgan fingerprint density at radius 3 is 2.82 bits per heavy atom. The number of carbonyl (C=O) groups is 1. The van der Waals surface area contributed by atoms with Gasteiger partial charge >= 0.3 is 0 Å². The predicted octanol–water partition coefficient (Wildman–Crippen LogP) is -1.04. The van der Waals surface area contributed by atoms with Gasteiger partial charge in [-0.05, 0) is 13.0 Å². The molecule has 0 radical (unpaired) electrons. The first-order valence-electron chi connectivity index (χ1n) is 3.55. The van der Waals surface area contributed by atoms with Gasteiger partial charge in [-0.25, -0.2) is 0 Å². The summed E-state index contributed by atoms with van der Waals surface area (Å²) < 4.78 is 0. The number of amides is 1. The standard InChI is InChI=1S/C7H15N3O/c1-2-3-4-10-5-6(8)7(9)11/h2,6,10H,1,3-5,8H2,(H2,9,11). The van der Waals surface area contributed by atoms with Crippen molar-refractivity contribution in [3.8, 4) is 0 Å². The summed E-state index contributed by atoms with van der Waals surface area (Å²) in [6.07, 6.45) is 2.66. The van der Waals surface area contributed by atoms with Crippen LogP contribution in [0.2, 0.25) is 0 Å². The first-order chi connectivity index (χ1) is 5.18. The third-order valence-electron chi connectivity index (χ3n) is 1.25. The number of primary amides is 1. The van der Waals surface area contributed by atoms with E-state index in [2.05, 4.69) is 11.9 Å². The minimum Gasteiger partial charge on any atom is -0.368 e. The van der Waals surface area contributed by atoms with Crippen LogP contribution in [0, 0.1) is 0 Å². The molecule has 0 aromatic heterocycles. The Morgan fingerprint density at radius 2 is 2.36 bits per heavy atom. The van der Waals surface area contributed by atoms with Gasteiger partial charge in [-0.1, -0.05) is 6.08 Å². The fourth-order valence-corrected chi connectivity index (χ4v) is 0.562. The van der Waals surface area contributed by atoms with Gasteiger partial charge in [0.25, 0.3) is 0 Å². The van der Waals surface area contributed by atoms with Gasteiger partial charge in [0.2, 0.25) is 5.91 Å². The predicted molar refractivity (Wildman–Crippen MR) is 44.9 cm³/mol. The van der Waals surface area contributed by atoms with Crippen LogP contribution < -0.4 is 16.8 Å². The van der Waals surface area contributed by atoms with Crippen LogP contribution >= 0.6 is 0 Å². The SMILES string of the molecule is C=CCCNCC(N)C(N)=O. The van der Waals surface area contributed by atoms with Crippen molar-refractivity contribution in [3.63, 3.8) is 0 Å². The maximum absolute atomic E-state index is 10.4. The molecule has 11 heavy (non-hydrogen) atoms. The molecule has 4 nitrogen and oxygen atoms in total. The molecule has 0 aromatic carbocycles. The highest BCUT2D eigenvalue weighted by Gasteiger charge is 2.06. The molecule has 1 amide bonds. The van der Waals surface area contributed by atoms with Crippen LogP contribution in [0.5, 0.6) is 0 Å². The Hall–Kier alpha value is -0.870. The van der Waals surface area contributed by atoms with Gasteiger partial charge in [0, 0.05) is 6.54 Å². The molecule has 0 heterocycles. The largest absolute Gasteiger partial charge is 0.368 e. The van der Waals surface area contributed by atoms with Gasteiger partial charge in [0.05, 0.1) is 6.04 Å². The van der Waals surface area contributed by atoms with Crippen LogP contribution in [0.4, 0.5) is 0 Å². The summed E-state index contributed by atoms with van der Waals surface area (Å²) in [4.78, 5) is 10.4. The average Bonchev–Trinajstić information content (AvgIpc) is 1.97. The Labute approximate surface area is 66.6 Å². The van der Waals surface area contributed by atoms with Crippen LogP contribution in [0.1, 0.15) is 6.42 Å². The van der Waals surface area contributed by atoms with E-state index in [1.165, 1.54) is 0 Å². The number of hydrogen-bond donors (Lipinski definition) is 3. The minimum atomic E-state index is -0.584. The fraction of sp³-hybridized carbons (Fsp3) is 0.571. The lowest BCUT2D eigenvalue weighted by Crippen LogP contribution is -2.44. The van der Waals surface area contributed by atoms with Gasteiger partial charge in [-0.15, -0.1) is 6.58 Å². The monoisotopic (exact) mass is 157 g/mol. The van der Waals surface area contributed by atoms with Crippen molar-refractivity contribution >= 4 is 5.91 Å². The molecular weight excluding hydrogens is 142 g/mol. The molecule has 1 atom stereocenters. The van der Waals surface area contributed by atoms with Crippen LogP contribution in [-0.4, -0.2) is 25.0 Å². The zero-order chi connectivity index (χ0) is 8.69. The molecule has 0 saturated heterocycles. The third kappa shape index (κ3) is 5.57. The quantitative estimate of drug-likeness (QED) is 0.340. The molecule has 0 aliphatic carbocycles. The number of carbonyl (C=O) groups excluding carboxylic acids is 1. The molecule has 0 aliphatic heterocycles. The van der Waals surface area contributed by atoms with Crippen LogP contribution in [0.3, 0.4) is 0 Å². The van der Waals surface area contributed by atoms with Crippen molar-refractivity contribution in [2.24, 2.45) is 11.5 Å². The zero-order valence-electron chi connectivity index (χ0n) is 6.55. The molecule has 0 bridgehead atoms. The smallest absolute Gasteiger partial charge is 0.235 e. The van der Waals surface area contributed by atoms with Crippen LogP contribution in [0.25, 0.3) is 0 Å². The third-order valence-corrected chi connectivity index (χ3v) is 1.25. The highest BCUT2D eigenvalue weighted by atomic mass is 16.1. The number of hydrogen-bond acceptors (Lipinski definition) is 3.